The average molecular weight is 373 g/mol. The Morgan fingerprint density at radius 3 is 2.56 bits per heavy atom. The number of nitrogens with two attached hydrogens (primary N) is 1. The van der Waals surface area contributed by atoms with E-state index < -0.39 is 11.9 Å². The minimum atomic E-state index is -0.813. The molecule has 0 aliphatic carbocycles. The lowest BCUT2D eigenvalue weighted by Gasteiger charge is -2.35. The zero-order valence-corrected chi connectivity index (χ0v) is 15.9. The van der Waals surface area contributed by atoms with Gasteiger partial charge in [-0.3, -0.25) is 19.3 Å². The summed E-state index contributed by atoms with van der Waals surface area (Å²) < 4.78 is 5.76. The fourth-order valence-corrected chi connectivity index (χ4v) is 3.68. The van der Waals surface area contributed by atoms with Gasteiger partial charge in [0.15, 0.2) is 0 Å². The molecule has 0 aromatic heterocycles. The van der Waals surface area contributed by atoms with Crippen LogP contribution in [0.2, 0.25) is 0 Å². The molecule has 1 saturated heterocycles. The molecule has 1 atom stereocenters. The van der Waals surface area contributed by atoms with E-state index in [9.17, 15) is 14.4 Å². The number of likely N-dealkylation sites (tertiary alicyclic amines) is 1. The molecule has 3 amide bonds. The van der Waals surface area contributed by atoms with Gasteiger partial charge < -0.3 is 15.4 Å². The summed E-state index contributed by atoms with van der Waals surface area (Å²) in [6.45, 7) is 5.88. The molecule has 1 fully saturated rings. The van der Waals surface area contributed by atoms with E-state index in [1.807, 2.05) is 6.92 Å². The number of amides is 3. The fraction of sp³-hybridized carbons (Fsp3) is 0.550. The molecular weight excluding hydrogens is 346 g/mol. The van der Waals surface area contributed by atoms with Crippen molar-refractivity contribution < 1.29 is 19.1 Å². The molecule has 0 bridgehead atoms. The molecule has 0 radical (unpaired) electrons. The van der Waals surface area contributed by atoms with E-state index in [1.165, 1.54) is 0 Å². The Kier molecular flexibility index (Phi) is 5.92. The van der Waals surface area contributed by atoms with Crippen molar-refractivity contribution in [2.24, 2.45) is 5.73 Å². The maximum absolute atomic E-state index is 12.9. The molecule has 2 aliphatic rings. The number of carbonyl (C=O) groups is 3. The highest BCUT2D eigenvalue weighted by Gasteiger charge is 2.42. The van der Waals surface area contributed by atoms with Crippen molar-refractivity contribution in [3.63, 3.8) is 0 Å². The van der Waals surface area contributed by atoms with Gasteiger partial charge in [-0.25, -0.2) is 0 Å². The third-order valence-electron chi connectivity index (χ3n) is 5.27. The highest BCUT2D eigenvalue weighted by atomic mass is 16.5. The first kappa shape index (κ1) is 19.5. The summed E-state index contributed by atoms with van der Waals surface area (Å²) in [5.74, 6) is -0.975. The smallest absolute Gasteiger partial charge is 0.262 e. The number of aryl methyl sites for hydroxylation is 1. The number of rotatable bonds is 6. The van der Waals surface area contributed by atoms with Gasteiger partial charge in [0.2, 0.25) is 5.91 Å². The summed E-state index contributed by atoms with van der Waals surface area (Å²) in [6, 6.07) is 4.35. The molecule has 27 heavy (non-hydrogen) atoms. The Bertz CT molecular complexity index is 741. The molecule has 3 rings (SSSR count). The van der Waals surface area contributed by atoms with Crippen molar-refractivity contribution >= 4 is 17.7 Å². The zero-order chi connectivity index (χ0) is 19.6. The van der Waals surface area contributed by atoms with Gasteiger partial charge in [0.1, 0.15) is 6.04 Å². The zero-order valence-electron chi connectivity index (χ0n) is 15.9. The van der Waals surface area contributed by atoms with Crippen molar-refractivity contribution in [1.29, 1.82) is 0 Å². The summed E-state index contributed by atoms with van der Waals surface area (Å²) in [6.07, 6.45) is 2.47. The van der Waals surface area contributed by atoms with Crippen LogP contribution in [0, 0.1) is 6.92 Å². The first-order valence-electron chi connectivity index (χ1n) is 9.53. The minimum absolute atomic E-state index is 0.137. The predicted molar refractivity (Wildman–Crippen MR) is 100 cm³/mol. The van der Waals surface area contributed by atoms with Crippen LogP contribution in [0.1, 0.15) is 52.5 Å². The lowest BCUT2D eigenvalue weighted by atomic mass is 10.1. The van der Waals surface area contributed by atoms with Gasteiger partial charge >= 0.3 is 0 Å². The molecule has 2 heterocycles. The Balaban J connectivity index is 1.62. The summed E-state index contributed by atoms with van der Waals surface area (Å²) in [5.41, 5.74) is 7.13. The van der Waals surface area contributed by atoms with Crippen molar-refractivity contribution in [3.8, 4) is 0 Å². The number of benzene rings is 1. The Labute approximate surface area is 159 Å². The number of carbonyl (C=O) groups excluding carboxylic acids is 3. The van der Waals surface area contributed by atoms with E-state index in [1.54, 1.807) is 30.0 Å². The number of piperidine rings is 1. The molecule has 0 saturated carbocycles. The van der Waals surface area contributed by atoms with Crippen molar-refractivity contribution in [3.05, 3.63) is 34.9 Å². The molecule has 2 N–H and O–H groups in total. The van der Waals surface area contributed by atoms with E-state index in [0.717, 1.165) is 29.7 Å². The molecule has 7 heteroatoms. The first-order chi connectivity index (χ1) is 12.9. The van der Waals surface area contributed by atoms with Crippen LogP contribution in [0.4, 0.5) is 0 Å². The molecule has 1 aromatic rings. The van der Waals surface area contributed by atoms with Crippen molar-refractivity contribution in [1.82, 2.24) is 9.80 Å². The minimum Gasteiger partial charge on any atom is -0.378 e. The molecule has 7 nitrogen and oxygen atoms in total. The quantitative estimate of drug-likeness (QED) is 0.600. The molecule has 1 unspecified atom stereocenters. The van der Waals surface area contributed by atoms with Gasteiger partial charge in [0.25, 0.3) is 11.8 Å². The number of ether oxygens (including phenoxy) is 1. The van der Waals surface area contributed by atoms with E-state index >= 15 is 0 Å². The lowest BCUT2D eigenvalue weighted by Crippen LogP contribution is -2.52. The van der Waals surface area contributed by atoms with Crippen molar-refractivity contribution in [2.75, 3.05) is 26.2 Å². The predicted octanol–water partition coefficient (Wildman–Crippen LogP) is 1.34. The molecule has 2 aliphatic heterocycles. The summed E-state index contributed by atoms with van der Waals surface area (Å²) in [5, 5.41) is 0. The van der Waals surface area contributed by atoms with Crippen LogP contribution in [0.5, 0.6) is 0 Å². The molecule has 0 spiro atoms. The number of hydrogen-bond acceptors (Lipinski definition) is 5. The average Bonchev–Trinajstić information content (AvgIpc) is 2.91. The van der Waals surface area contributed by atoms with Crippen LogP contribution in [0.3, 0.4) is 0 Å². The number of imide groups is 1. The lowest BCUT2D eigenvalue weighted by molar-refractivity contribution is -0.137. The van der Waals surface area contributed by atoms with Gasteiger partial charge in [-0.15, -0.1) is 0 Å². The van der Waals surface area contributed by atoms with Gasteiger partial charge in [0.05, 0.1) is 17.2 Å². The Hall–Kier alpha value is -2.25. The van der Waals surface area contributed by atoms with Gasteiger partial charge in [0, 0.05) is 19.7 Å². The fourth-order valence-electron chi connectivity index (χ4n) is 3.68. The van der Waals surface area contributed by atoms with Crippen LogP contribution in [0.25, 0.3) is 0 Å². The molecule has 146 valence electrons. The SMILES string of the molecule is Cc1ccc2c(c1)C(=O)N(C(C)C(=O)N1CCC(OCCCN)CC1)C2=O. The monoisotopic (exact) mass is 373 g/mol. The van der Waals surface area contributed by atoms with Crippen LogP contribution in [-0.4, -0.2) is 65.9 Å². The standard InChI is InChI=1S/C20H27N3O4/c1-13-4-5-16-17(12-13)20(26)23(19(16)25)14(2)18(24)22-9-6-15(7-10-22)27-11-3-8-21/h4-5,12,14-15H,3,6-11,21H2,1-2H3. The number of nitrogens with zero attached hydrogens (tertiary/aromatic N) is 2. The van der Waals surface area contributed by atoms with Crippen LogP contribution in [-0.2, 0) is 9.53 Å². The van der Waals surface area contributed by atoms with E-state index in [-0.39, 0.29) is 17.9 Å². The third-order valence-corrected chi connectivity index (χ3v) is 5.27. The van der Waals surface area contributed by atoms with Crippen LogP contribution >= 0.6 is 0 Å². The topological polar surface area (TPSA) is 92.9 Å². The van der Waals surface area contributed by atoms with Gasteiger partial charge in [-0.1, -0.05) is 11.6 Å². The first-order valence-corrected chi connectivity index (χ1v) is 9.53. The van der Waals surface area contributed by atoms with E-state index in [2.05, 4.69) is 0 Å². The largest absolute Gasteiger partial charge is 0.378 e. The summed E-state index contributed by atoms with van der Waals surface area (Å²) in [7, 11) is 0. The van der Waals surface area contributed by atoms with Gasteiger partial charge in [-0.2, -0.15) is 0 Å². The van der Waals surface area contributed by atoms with E-state index in [4.69, 9.17) is 10.5 Å². The normalized spacial score (nSPS) is 18.8. The maximum atomic E-state index is 12.9. The van der Waals surface area contributed by atoms with E-state index in [0.29, 0.717) is 37.4 Å². The second-order valence-corrected chi connectivity index (χ2v) is 7.24. The summed E-state index contributed by atoms with van der Waals surface area (Å²) >= 11 is 0. The van der Waals surface area contributed by atoms with Crippen LogP contribution < -0.4 is 5.73 Å². The highest BCUT2D eigenvalue weighted by Crippen LogP contribution is 2.27. The Morgan fingerprint density at radius 2 is 1.89 bits per heavy atom. The third kappa shape index (κ3) is 3.89. The van der Waals surface area contributed by atoms with Crippen molar-refractivity contribution in [2.45, 2.75) is 45.3 Å². The molecule has 1 aromatic carbocycles. The maximum Gasteiger partial charge on any atom is 0.262 e. The summed E-state index contributed by atoms with van der Waals surface area (Å²) in [4.78, 5) is 41.0. The highest BCUT2D eigenvalue weighted by molar-refractivity contribution is 6.22. The Morgan fingerprint density at radius 1 is 1.22 bits per heavy atom. The number of hydrogen-bond donors (Lipinski definition) is 1. The molecular formula is C20H27N3O4. The van der Waals surface area contributed by atoms with Gasteiger partial charge in [-0.05, 0) is 51.8 Å². The van der Waals surface area contributed by atoms with Crippen LogP contribution in [0.15, 0.2) is 18.2 Å². The number of fused-ring (bicyclic) bond motifs is 1. The second-order valence-electron chi connectivity index (χ2n) is 7.24. The second kappa shape index (κ2) is 8.19.